The van der Waals surface area contributed by atoms with Crippen LogP contribution in [0.5, 0.6) is 5.88 Å². The normalized spacial score (nSPS) is 16.3. The Bertz CT molecular complexity index is 1060. The number of allylic oxidation sites excluding steroid dienone is 1. The fraction of sp³-hybridized carbons (Fsp3) is 0.333. The van der Waals surface area contributed by atoms with Crippen molar-refractivity contribution in [1.29, 1.82) is 5.26 Å². The van der Waals surface area contributed by atoms with Gasteiger partial charge in [0, 0.05) is 49.9 Å². The number of aliphatic imine (C=N–C) groups is 1. The largest absolute Gasteiger partial charge is 0.470 e. The van der Waals surface area contributed by atoms with Gasteiger partial charge in [-0.25, -0.2) is 4.98 Å². The first-order valence-electron chi connectivity index (χ1n) is 10.8. The number of nitrogens with one attached hydrogen (secondary N) is 3. The van der Waals surface area contributed by atoms with Gasteiger partial charge in [-0.3, -0.25) is 9.79 Å². The Balaban J connectivity index is 1.52. The van der Waals surface area contributed by atoms with E-state index in [9.17, 15) is 4.79 Å². The topological polar surface area (TPSA) is 137 Å². The molecule has 1 aliphatic rings. The second-order valence-corrected chi connectivity index (χ2v) is 7.76. The molecule has 0 fully saturated rings. The molecule has 172 valence electrons. The van der Waals surface area contributed by atoms with Gasteiger partial charge in [-0.2, -0.15) is 5.26 Å². The smallest absolute Gasteiger partial charge is 0.241 e. The molecule has 2 atom stereocenters. The minimum Gasteiger partial charge on any atom is -0.470 e. The molecule has 0 bridgehead atoms. The lowest BCUT2D eigenvalue weighted by Gasteiger charge is -2.27. The number of carbonyl (C=O) groups is 1. The molecule has 9 heteroatoms. The number of hydrogen-bond acceptors (Lipinski definition) is 8. The van der Waals surface area contributed by atoms with Crippen LogP contribution < -0.4 is 26.4 Å². The predicted molar refractivity (Wildman–Crippen MR) is 129 cm³/mol. The van der Waals surface area contributed by atoms with E-state index >= 15 is 0 Å². The van der Waals surface area contributed by atoms with Gasteiger partial charge in [0.15, 0.2) is 0 Å². The second-order valence-electron chi connectivity index (χ2n) is 7.76. The van der Waals surface area contributed by atoms with E-state index in [4.69, 9.17) is 15.7 Å². The number of ether oxygens (including phenoxy) is 1. The maximum Gasteiger partial charge on any atom is 0.241 e. The summed E-state index contributed by atoms with van der Waals surface area (Å²) in [6.07, 6.45) is 4.61. The van der Waals surface area contributed by atoms with E-state index in [0.717, 1.165) is 17.8 Å². The van der Waals surface area contributed by atoms with Crippen LogP contribution in [0.4, 0.5) is 5.69 Å². The van der Waals surface area contributed by atoms with Gasteiger partial charge in [-0.05, 0) is 29.7 Å². The monoisotopic (exact) mass is 447 g/mol. The van der Waals surface area contributed by atoms with Gasteiger partial charge in [0.05, 0.1) is 23.9 Å². The highest BCUT2D eigenvalue weighted by molar-refractivity contribution is 6.10. The van der Waals surface area contributed by atoms with Crippen LogP contribution in [0.2, 0.25) is 0 Å². The Hall–Kier alpha value is -3.90. The van der Waals surface area contributed by atoms with E-state index in [1.807, 2.05) is 30.3 Å². The zero-order valence-electron chi connectivity index (χ0n) is 18.8. The van der Waals surface area contributed by atoms with Crippen LogP contribution in [-0.2, 0) is 4.79 Å². The highest BCUT2D eigenvalue weighted by atomic mass is 16.5. The molecule has 33 heavy (non-hydrogen) atoms. The van der Waals surface area contributed by atoms with Crippen molar-refractivity contribution in [2.45, 2.75) is 18.9 Å². The summed E-state index contributed by atoms with van der Waals surface area (Å²) >= 11 is 0. The number of pyridine rings is 1. The molecule has 0 saturated heterocycles. The molecule has 5 N–H and O–H groups in total. The summed E-state index contributed by atoms with van der Waals surface area (Å²) in [5.74, 6) is 0.677. The lowest BCUT2D eigenvalue weighted by molar-refractivity contribution is -0.119. The number of rotatable bonds is 9. The van der Waals surface area contributed by atoms with Crippen molar-refractivity contribution in [3.05, 3.63) is 59.4 Å². The lowest BCUT2D eigenvalue weighted by atomic mass is 10.00. The molecule has 1 aromatic carbocycles. The molecule has 0 spiro atoms. The molecule has 9 nitrogen and oxygen atoms in total. The van der Waals surface area contributed by atoms with E-state index in [0.29, 0.717) is 36.0 Å². The average Bonchev–Trinajstić information content (AvgIpc) is 2.86. The van der Waals surface area contributed by atoms with Crippen LogP contribution in [-0.4, -0.2) is 56.4 Å². The van der Waals surface area contributed by atoms with Crippen molar-refractivity contribution < 1.29 is 9.53 Å². The molecule has 3 rings (SSSR count). The van der Waals surface area contributed by atoms with Gasteiger partial charge in [0.1, 0.15) is 12.6 Å². The summed E-state index contributed by atoms with van der Waals surface area (Å²) in [4.78, 5) is 19.9. The Morgan fingerprint density at radius 1 is 1.45 bits per heavy atom. The van der Waals surface area contributed by atoms with Gasteiger partial charge in [0.2, 0.25) is 11.8 Å². The number of carbonyl (C=O) groups excluding carboxylic acids is 1. The number of fused-ring (bicyclic) bond motifs is 1. The maximum absolute atomic E-state index is 11.3. The maximum atomic E-state index is 11.3. The molecule has 1 amide bonds. The van der Waals surface area contributed by atoms with Gasteiger partial charge >= 0.3 is 0 Å². The fourth-order valence-corrected chi connectivity index (χ4v) is 3.35. The molecule has 0 saturated carbocycles. The molecule has 2 unspecified atom stereocenters. The molecular weight excluding hydrogens is 418 g/mol. The number of nitrogens with zero attached hydrogens (tertiary/aromatic N) is 3. The van der Waals surface area contributed by atoms with Crippen LogP contribution in [0, 0.1) is 11.3 Å². The second kappa shape index (κ2) is 11.6. The van der Waals surface area contributed by atoms with Gasteiger partial charge in [-0.1, -0.05) is 19.1 Å². The molecule has 1 aliphatic heterocycles. The summed E-state index contributed by atoms with van der Waals surface area (Å²) in [5.41, 5.74) is 9.81. The number of hydrogen-bond donors (Lipinski definition) is 4. The quantitative estimate of drug-likeness (QED) is 0.429. The third-order valence-electron chi connectivity index (χ3n) is 5.34. The van der Waals surface area contributed by atoms with Crippen LogP contribution in [0.15, 0.2) is 47.7 Å². The zero-order chi connectivity index (χ0) is 23.6. The number of aromatic nitrogens is 1. The highest BCUT2D eigenvalue weighted by Gasteiger charge is 2.21. The third-order valence-corrected chi connectivity index (χ3v) is 5.34. The SMILES string of the molecule is CNC(=O)CN=C/C(=C\N)c1cnc2c(c1)NCC(CNCC(C)c1ccc(C#N)cc1)O2. The van der Waals surface area contributed by atoms with E-state index < -0.39 is 0 Å². The summed E-state index contributed by atoms with van der Waals surface area (Å²) in [6.45, 7) is 4.30. The molecular formula is C24H29N7O2. The lowest BCUT2D eigenvalue weighted by Crippen LogP contribution is -2.40. The Morgan fingerprint density at radius 3 is 2.94 bits per heavy atom. The van der Waals surface area contributed by atoms with Crippen LogP contribution in [0.1, 0.15) is 29.5 Å². The predicted octanol–water partition coefficient (Wildman–Crippen LogP) is 1.64. The van der Waals surface area contributed by atoms with E-state index in [-0.39, 0.29) is 18.6 Å². The number of amides is 1. The van der Waals surface area contributed by atoms with Crippen LogP contribution in [0.3, 0.4) is 0 Å². The fourth-order valence-electron chi connectivity index (χ4n) is 3.35. The summed E-state index contributed by atoms with van der Waals surface area (Å²) in [6, 6.07) is 11.7. The van der Waals surface area contributed by atoms with Gasteiger partial charge in [0.25, 0.3) is 0 Å². The molecule has 2 aromatic rings. The molecule has 2 heterocycles. The van der Waals surface area contributed by atoms with E-state index in [2.05, 4.69) is 38.9 Å². The van der Waals surface area contributed by atoms with Crippen LogP contribution in [0.25, 0.3) is 5.57 Å². The molecule has 0 aliphatic carbocycles. The Kier molecular flexibility index (Phi) is 8.38. The van der Waals surface area contributed by atoms with Crippen molar-refractivity contribution in [1.82, 2.24) is 15.6 Å². The minimum absolute atomic E-state index is 0.0338. The average molecular weight is 448 g/mol. The van der Waals surface area contributed by atoms with Gasteiger partial charge < -0.3 is 26.4 Å². The van der Waals surface area contributed by atoms with E-state index in [1.165, 1.54) is 11.8 Å². The van der Waals surface area contributed by atoms with Crippen LogP contribution >= 0.6 is 0 Å². The van der Waals surface area contributed by atoms with Gasteiger partial charge in [-0.15, -0.1) is 0 Å². The number of likely N-dealkylation sites (N-methyl/N-ethyl adjacent to an activating group) is 1. The first kappa shape index (κ1) is 23.8. The Morgan fingerprint density at radius 2 is 2.24 bits per heavy atom. The first-order chi connectivity index (χ1) is 16.0. The third kappa shape index (κ3) is 6.54. The summed E-state index contributed by atoms with van der Waals surface area (Å²) in [7, 11) is 1.56. The zero-order valence-corrected chi connectivity index (χ0v) is 18.8. The molecule has 0 radical (unpaired) electrons. The number of benzene rings is 1. The minimum atomic E-state index is -0.174. The van der Waals surface area contributed by atoms with Crippen molar-refractivity contribution >= 4 is 23.4 Å². The number of nitriles is 1. The van der Waals surface area contributed by atoms with Crippen molar-refractivity contribution in [2.24, 2.45) is 10.7 Å². The van der Waals surface area contributed by atoms with Crippen molar-refractivity contribution in [3.8, 4) is 11.9 Å². The van der Waals surface area contributed by atoms with Crippen molar-refractivity contribution in [3.63, 3.8) is 0 Å². The highest BCUT2D eigenvalue weighted by Crippen LogP contribution is 2.29. The first-order valence-corrected chi connectivity index (χ1v) is 10.8. The van der Waals surface area contributed by atoms with E-state index in [1.54, 1.807) is 19.5 Å². The standard InChI is InChI=1S/C24H29N7O2/c1-16(18-5-3-17(8-25)4-6-18)10-28-13-21-14-30-22-7-19(12-31-24(22)33-21)20(9-26)11-29-15-23(32)27-2/h3-7,9,11-12,16,21,28,30H,10,13-15,26H2,1-2H3,(H,27,32)/b20-9+,29-11?. The summed E-state index contributed by atoms with van der Waals surface area (Å²) in [5, 5.41) is 18.3. The summed E-state index contributed by atoms with van der Waals surface area (Å²) < 4.78 is 6.04. The van der Waals surface area contributed by atoms with Crippen molar-refractivity contribution in [2.75, 3.05) is 38.5 Å². The Labute approximate surface area is 193 Å². The molecule has 1 aromatic heterocycles. The number of anilines is 1. The number of nitrogens with two attached hydrogens (primary N) is 1.